The summed E-state index contributed by atoms with van der Waals surface area (Å²) in [6.45, 7) is 1.52. The van der Waals surface area contributed by atoms with E-state index in [1.165, 1.54) is 13.0 Å². The van der Waals surface area contributed by atoms with Gasteiger partial charge in [-0.05, 0) is 24.6 Å². The molecule has 0 aliphatic carbocycles. The standard InChI is InChI=1S/C13H10F3NO3/c1-2-20-12(19)5-9-10(6-17)8(7-18)3-4-11(9)13(14,15)16/h3-4,7H,2,5H2,1H3. The normalized spacial score (nSPS) is 10.8. The van der Waals surface area contributed by atoms with Gasteiger partial charge in [-0.15, -0.1) is 0 Å². The van der Waals surface area contributed by atoms with Gasteiger partial charge in [-0.3, -0.25) is 9.59 Å². The van der Waals surface area contributed by atoms with Crippen molar-refractivity contribution in [3.8, 4) is 6.07 Å². The van der Waals surface area contributed by atoms with Crippen LogP contribution in [0, 0.1) is 11.3 Å². The summed E-state index contributed by atoms with van der Waals surface area (Å²) in [7, 11) is 0. The number of carbonyl (C=O) groups is 2. The fourth-order valence-corrected chi connectivity index (χ4v) is 1.70. The molecular weight excluding hydrogens is 275 g/mol. The first-order valence-corrected chi connectivity index (χ1v) is 5.59. The van der Waals surface area contributed by atoms with E-state index in [0.29, 0.717) is 6.07 Å². The fourth-order valence-electron chi connectivity index (χ4n) is 1.70. The number of carbonyl (C=O) groups excluding carboxylic acids is 2. The zero-order chi connectivity index (χ0) is 15.3. The summed E-state index contributed by atoms with van der Waals surface area (Å²) < 4.78 is 43.2. The van der Waals surface area contributed by atoms with E-state index >= 15 is 0 Å². The second kappa shape index (κ2) is 6.19. The van der Waals surface area contributed by atoms with Crippen LogP contribution in [0.15, 0.2) is 12.1 Å². The average molecular weight is 285 g/mol. The van der Waals surface area contributed by atoms with Crippen LogP contribution >= 0.6 is 0 Å². The third-order valence-electron chi connectivity index (χ3n) is 2.52. The summed E-state index contributed by atoms with van der Waals surface area (Å²) in [5.74, 6) is -0.891. The topological polar surface area (TPSA) is 67.2 Å². The molecule has 0 N–H and O–H groups in total. The maximum atomic E-state index is 12.9. The lowest BCUT2D eigenvalue weighted by Gasteiger charge is -2.14. The number of benzene rings is 1. The Morgan fingerprint density at radius 3 is 2.55 bits per heavy atom. The first kappa shape index (κ1) is 15.7. The van der Waals surface area contributed by atoms with E-state index in [-0.39, 0.29) is 18.5 Å². The van der Waals surface area contributed by atoms with Crippen LogP contribution in [0.3, 0.4) is 0 Å². The summed E-state index contributed by atoms with van der Waals surface area (Å²) in [5, 5.41) is 8.93. The smallest absolute Gasteiger partial charge is 0.416 e. The largest absolute Gasteiger partial charge is 0.466 e. The van der Waals surface area contributed by atoms with Crippen LogP contribution in [0.2, 0.25) is 0 Å². The summed E-state index contributed by atoms with van der Waals surface area (Å²) >= 11 is 0. The van der Waals surface area contributed by atoms with Crippen LogP contribution in [-0.4, -0.2) is 18.9 Å². The zero-order valence-electron chi connectivity index (χ0n) is 10.5. The van der Waals surface area contributed by atoms with Gasteiger partial charge in [0.2, 0.25) is 0 Å². The van der Waals surface area contributed by atoms with Crippen LogP contribution in [0.1, 0.15) is 34.0 Å². The Morgan fingerprint density at radius 1 is 1.45 bits per heavy atom. The van der Waals surface area contributed by atoms with Gasteiger partial charge in [0.1, 0.15) is 6.07 Å². The van der Waals surface area contributed by atoms with Crippen LogP contribution < -0.4 is 0 Å². The summed E-state index contributed by atoms with van der Waals surface area (Å²) in [6, 6.07) is 3.12. The number of halogens is 3. The maximum absolute atomic E-state index is 12.9. The van der Waals surface area contributed by atoms with Gasteiger partial charge in [0.05, 0.1) is 24.2 Å². The fraction of sp³-hybridized carbons (Fsp3) is 0.308. The molecule has 0 radical (unpaired) electrons. The minimum Gasteiger partial charge on any atom is -0.466 e. The Bertz CT molecular complexity index is 573. The van der Waals surface area contributed by atoms with E-state index in [9.17, 15) is 22.8 Å². The maximum Gasteiger partial charge on any atom is 0.416 e. The summed E-state index contributed by atoms with van der Waals surface area (Å²) in [5.41, 5.74) is -2.31. The monoisotopic (exact) mass is 285 g/mol. The number of hydrogen-bond acceptors (Lipinski definition) is 4. The second-order valence-electron chi connectivity index (χ2n) is 3.77. The molecule has 0 amide bonds. The third-order valence-corrected chi connectivity index (χ3v) is 2.52. The molecular formula is C13H10F3NO3. The van der Waals surface area contributed by atoms with Crippen molar-refractivity contribution in [1.29, 1.82) is 5.26 Å². The van der Waals surface area contributed by atoms with E-state index in [1.54, 1.807) is 0 Å². The molecule has 106 valence electrons. The molecule has 0 saturated heterocycles. The van der Waals surface area contributed by atoms with Crippen molar-refractivity contribution in [2.24, 2.45) is 0 Å². The number of rotatable bonds is 4. The quantitative estimate of drug-likeness (QED) is 0.629. The SMILES string of the molecule is CCOC(=O)Cc1c(C(F)(F)F)ccc(C=O)c1C#N. The third kappa shape index (κ3) is 3.35. The van der Waals surface area contributed by atoms with Crippen molar-refractivity contribution in [3.05, 3.63) is 34.4 Å². The predicted molar refractivity (Wildman–Crippen MR) is 61.9 cm³/mol. The number of alkyl halides is 3. The van der Waals surface area contributed by atoms with Crippen molar-refractivity contribution >= 4 is 12.3 Å². The van der Waals surface area contributed by atoms with Crippen LogP contribution in [0.25, 0.3) is 0 Å². The molecule has 0 fully saturated rings. The summed E-state index contributed by atoms with van der Waals surface area (Å²) in [6.07, 6.45) is -5.17. The lowest BCUT2D eigenvalue weighted by atomic mass is 9.94. The molecule has 0 heterocycles. The van der Waals surface area contributed by atoms with Crippen molar-refractivity contribution in [1.82, 2.24) is 0 Å². The Hall–Kier alpha value is -2.36. The van der Waals surface area contributed by atoms with Gasteiger partial charge in [-0.25, -0.2) is 0 Å². The lowest BCUT2D eigenvalue weighted by Crippen LogP contribution is -2.16. The number of nitriles is 1. The Labute approximate surface area is 112 Å². The second-order valence-corrected chi connectivity index (χ2v) is 3.77. The molecule has 0 bridgehead atoms. The molecule has 1 aromatic rings. The number of ether oxygens (including phenoxy) is 1. The highest BCUT2D eigenvalue weighted by atomic mass is 19.4. The van der Waals surface area contributed by atoms with Crippen LogP contribution in [-0.2, 0) is 22.1 Å². The van der Waals surface area contributed by atoms with E-state index in [1.807, 2.05) is 0 Å². The first-order valence-electron chi connectivity index (χ1n) is 5.59. The molecule has 0 unspecified atom stereocenters. The molecule has 0 saturated carbocycles. The van der Waals surface area contributed by atoms with Gasteiger partial charge >= 0.3 is 12.1 Å². The average Bonchev–Trinajstić information content (AvgIpc) is 2.36. The minimum atomic E-state index is -4.73. The molecule has 4 nitrogen and oxygen atoms in total. The van der Waals surface area contributed by atoms with E-state index in [0.717, 1.165) is 6.07 Å². The lowest BCUT2D eigenvalue weighted by molar-refractivity contribution is -0.143. The van der Waals surface area contributed by atoms with Gasteiger partial charge in [-0.2, -0.15) is 18.4 Å². The highest BCUT2D eigenvalue weighted by molar-refractivity contribution is 5.83. The molecule has 0 aromatic heterocycles. The molecule has 0 atom stereocenters. The molecule has 1 rings (SSSR count). The van der Waals surface area contributed by atoms with Crippen LogP contribution in [0.5, 0.6) is 0 Å². The van der Waals surface area contributed by atoms with Gasteiger partial charge in [0, 0.05) is 5.56 Å². The highest BCUT2D eigenvalue weighted by Gasteiger charge is 2.35. The number of esters is 1. The van der Waals surface area contributed by atoms with Crippen molar-refractivity contribution in [2.75, 3.05) is 6.61 Å². The Kier molecular flexibility index (Phi) is 4.86. The van der Waals surface area contributed by atoms with Gasteiger partial charge in [0.25, 0.3) is 0 Å². The first-order chi connectivity index (χ1) is 9.35. The van der Waals surface area contributed by atoms with Gasteiger partial charge in [0.15, 0.2) is 6.29 Å². The molecule has 7 heteroatoms. The van der Waals surface area contributed by atoms with Crippen molar-refractivity contribution in [2.45, 2.75) is 19.5 Å². The number of nitrogens with zero attached hydrogens (tertiary/aromatic N) is 1. The predicted octanol–water partition coefficient (Wildman–Crippen LogP) is 2.50. The van der Waals surface area contributed by atoms with Gasteiger partial charge in [-0.1, -0.05) is 0 Å². The molecule has 0 aliphatic heterocycles. The Morgan fingerprint density at radius 2 is 2.10 bits per heavy atom. The van der Waals surface area contributed by atoms with Crippen molar-refractivity contribution in [3.63, 3.8) is 0 Å². The van der Waals surface area contributed by atoms with E-state index < -0.39 is 35.3 Å². The molecule has 1 aromatic carbocycles. The van der Waals surface area contributed by atoms with Gasteiger partial charge < -0.3 is 4.74 Å². The minimum absolute atomic E-state index is 0.00937. The highest BCUT2D eigenvalue weighted by Crippen LogP contribution is 2.34. The zero-order valence-corrected chi connectivity index (χ0v) is 10.5. The van der Waals surface area contributed by atoms with Crippen molar-refractivity contribution < 1.29 is 27.5 Å². The van der Waals surface area contributed by atoms with Crippen LogP contribution in [0.4, 0.5) is 13.2 Å². The van der Waals surface area contributed by atoms with E-state index in [2.05, 4.69) is 4.74 Å². The molecule has 0 spiro atoms. The summed E-state index contributed by atoms with van der Waals surface area (Å²) in [4.78, 5) is 22.1. The molecule has 0 aliphatic rings. The number of hydrogen-bond donors (Lipinski definition) is 0. The van der Waals surface area contributed by atoms with E-state index in [4.69, 9.17) is 5.26 Å². The Balaban J connectivity index is 3.45. The molecule has 20 heavy (non-hydrogen) atoms. The number of aldehydes is 1.